The Hall–Kier alpha value is -1.74. The Labute approximate surface area is 114 Å². The van der Waals surface area contributed by atoms with Crippen molar-refractivity contribution >= 4 is 0 Å². The molecule has 1 aromatic heterocycles. The molecule has 0 bridgehead atoms. The summed E-state index contributed by atoms with van der Waals surface area (Å²) < 4.78 is 10.6. The van der Waals surface area contributed by atoms with Crippen molar-refractivity contribution in [1.82, 2.24) is 5.32 Å². The van der Waals surface area contributed by atoms with Crippen LogP contribution in [0.4, 0.5) is 0 Å². The smallest absolute Gasteiger partial charge is 0.122 e. The largest absolute Gasteiger partial charge is 0.496 e. The summed E-state index contributed by atoms with van der Waals surface area (Å²) >= 11 is 0. The van der Waals surface area contributed by atoms with Gasteiger partial charge in [-0.2, -0.15) is 0 Å². The zero-order valence-corrected chi connectivity index (χ0v) is 11.8. The fraction of sp³-hybridized carbons (Fsp3) is 0.375. The van der Waals surface area contributed by atoms with Gasteiger partial charge in [0.05, 0.1) is 19.6 Å². The Morgan fingerprint density at radius 2 is 2.16 bits per heavy atom. The van der Waals surface area contributed by atoms with Crippen LogP contribution in [0.3, 0.4) is 0 Å². The molecule has 102 valence electrons. The van der Waals surface area contributed by atoms with Gasteiger partial charge in [-0.15, -0.1) is 0 Å². The molecule has 3 heteroatoms. The first-order valence-electron chi connectivity index (χ1n) is 6.63. The number of furan rings is 1. The van der Waals surface area contributed by atoms with Gasteiger partial charge in [-0.25, -0.2) is 0 Å². The van der Waals surface area contributed by atoms with Crippen LogP contribution >= 0.6 is 0 Å². The second kappa shape index (κ2) is 6.43. The van der Waals surface area contributed by atoms with E-state index in [1.807, 2.05) is 12.1 Å². The molecule has 1 unspecified atom stereocenters. The van der Waals surface area contributed by atoms with Crippen molar-refractivity contribution in [3.05, 3.63) is 53.5 Å². The SMILES string of the molecule is CCNC(Cc1cc(C)ccc1OC)c1ccoc1. The van der Waals surface area contributed by atoms with E-state index in [0.29, 0.717) is 0 Å². The van der Waals surface area contributed by atoms with Crippen molar-refractivity contribution in [2.75, 3.05) is 13.7 Å². The van der Waals surface area contributed by atoms with Crippen LogP contribution in [0.2, 0.25) is 0 Å². The number of benzene rings is 1. The number of methoxy groups -OCH3 is 1. The summed E-state index contributed by atoms with van der Waals surface area (Å²) in [6, 6.07) is 8.55. The Morgan fingerprint density at radius 3 is 2.79 bits per heavy atom. The third-order valence-corrected chi connectivity index (χ3v) is 3.26. The van der Waals surface area contributed by atoms with Crippen LogP contribution in [0.5, 0.6) is 5.75 Å². The molecular formula is C16H21NO2. The molecule has 1 aromatic carbocycles. The summed E-state index contributed by atoms with van der Waals surface area (Å²) in [5.41, 5.74) is 3.64. The number of hydrogen-bond donors (Lipinski definition) is 1. The van der Waals surface area contributed by atoms with Crippen LogP contribution in [-0.4, -0.2) is 13.7 Å². The first-order chi connectivity index (χ1) is 9.24. The molecule has 0 fully saturated rings. The summed E-state index contributed by atoms with van der Waals surface area (Å²) in [5.74, 6) is 0.942. The summed E-state index contributed by atoms with van der Waals surface area (Å²) in [6.07, 6.45) is 4.40. The van der Waals surface area contributed by atoms with Gasteiger partial charge in [-0.05, 0) is 37.6 Å². The third kappa shape index (κ3) is 3.38. The summed E-state index contributed by atoms with van der Waals surface area (Å²) in [5, 5.41) is 3.49. The lowest BCUT2D eigenvalue weighted by Gasteiger charge is -2.18. The topological polar surface area (TPSA) is 34.4 Å². The maximum atomic E-state index is 5.45. The highest BCUT2D eigenvalue weighted by atomic mass is 16.5. The van der Waals surface area contributed by atoms with Crippen LogP contribution in [-0.2, 0) is 6.42 Å². The van der Waals surface area contributed by atoms with Gasteiger partial charge in [0.15, 0.2) is 0 Å². The molecule has 0 aliphatic rings. The predicted molar refractivity (Wildman–Crippen MR) is 76.6 cm³/mol. The number of rotatable bonds is 6. The first kappa shape index (κ1) is 13.7. The molecule has 0 saturated heterocycles. The lowest BCUT2D eigenvalue weighted by molar-refractivity contribution is 0.405. The molecule has 0 radical (unpaired) electrons. The predicted octanol–water partition coefficient (Wildman–Crippen LogP) is 3.49. The third-order valence-electron chi connectivity index (χ3n) is 3.26. The summed E-state index contributed by atoms with van der Waals surface area (Å²) in [6.45, 7) is 5.13. The Bertz CT molecular complexity index is 505. The fourth-order valence-electron chi connectivity index (χ4n) is 2.31. The molecule has 0 aliphatic carbocycles. The van der Waals surface area contributed by atoms with E-state index in [2.05, 4.69) is 31.3 Å². The zero-order chi connectivity index (χ0) is 13.7. The van der Waals surface area contributed by atoms with E-state index in [-0.39, 0.29) is 6.04 Å². The number of nitrogens with one attached hydrogen (secondary N) is 1. The van der Waals surface area contributed by atoms with Crippen molar-refractivity contribution in [3.63, 3.8) is 0 Å². The van der Waals surface area contributed by atoms with Crippen molar-refractivity contribution in [2.45, 2.75) is 26.3 Å². The highest BCUT2D eigenvalue weighted by Gasteiger charge is 2.15. The maximum absolute atomic E-state index is 5.45. The number of aryl methyl sites for hydroxylation is 1. The van der Waals surface area contributed by atoms with Crippen LogP contribution in [0, 0.1) is 6.92 Å². The normalized spacial score (nSPS) is 12.4. The van der Waals surface area contributed by atoms with E-state index in [1.54, 1.807) is 19.6 Å². The quantitative estimate of drug-likeness (QED) is 0.862. The van der Waals surface area contributed by atoms with Gasteiger partial charge in [0.25, 0.3) is 0 Å². The minimum atomic E-state index is 0.249. The summed E-state index contributed by atoms with van der Waals surface area (Å²) in [7, 11) is 1.72. The van der Waals surface area contributed by atoms with E-state index in [1.165, 1.54) is 16.7 Å². The van der Waals surface area contributed by atoms with Crippen LogP contribution in [0.1, 0.15) is 29.7 Å². The number of ether oxygens (including phenoxy) is 1. The van der Waals surface area contributed by atoms with Gasteiger partial charge in [0.2, 0.25) is 0 Å². The zero-order valence-electron chi connectivity index (χ0n) is 11.8. The minimum Gasteiger partial charge on any atom is -0.496 e. The van der Waals surface area contributed by atoms with Gasteiger partial charge in [-0.1, -0.05) is 24.6 Å². The van der Waals surface area contributed by atoms with E-state index in [9.17, 15) is 0 Å². The van der Waals surface area contributed by atoms with Gasteiger partial charge in [0.1, 0.15) is 5.75 Å². The molecule has 0 spiro atoms. The first-order valence-corrected chi connectivity index (χ1v) is 6.63. The molecule has 1 heterocycles. The van der Waals surface area contributed by atoms with Gasteiger partial charge in [-0.3, -0.25) is 0 Å². The Balaban J connectivity index is 2.24. The van der Waals surface area contributed by atoms with Crippen molar-refractivity contribution < 1.29 is 9.15 Å². The Morgan fingerprint density at radius 1 is 1.32 bits per heavy atom. The molecular weight excluding hydrogens is 238 g/mol. The van der Waals surface area contributed by atoms with Crippen LogP contribution < -0.4 is 10.1 Å². The van der Waals surface area contributed by atoms with E-state index >= 15 is 0 Å². The lowest BCUT2D eigenvalue weighted by Crippen LogP contribution is -2.22. The van der Waals surface area contributed by atoms with Gasteiger partial charge in [0, 0.05) is 11.6 Å². The second-order valence-electron chi connectivity index (χ2n) is 4.69. The van der Waals surface area contributed by atoms with Crippen LogP contribution in [0.15, 0.2) is 41.2 Å². The molecule has 1 atom stereocenters. The van der Waals surface area contributed by atoms with Crippen molar-refractivity contribution in [2.24, 2.45) is 0 Å². The van der Waals surface area contributed by atoms with E-state index < -0.39 is 0 Å². The minimum absolute atomic E-state index is 0.249. The lowest BCUT2D eigenvalue weighted by atomic mass is 9.99. The monoisotopic (exact) mass is 259 g/mol. The maximum Gasteiger partial charge on any atom is 0.122 e. The number of hydrogen-bond acceptors (Lipinski definition) is 3. The average molecular weight is 259 g/mol. The molecule has 0 aliphatic heterocycles. The molecule has 19 heavy (non-hydrogen) atoms. The van der Waals surface area contributed by atoms with Crippen molar-refractivity contribution in [1.29, 1.82) is 0 Å². The number of likely N-dealkylation sites (N-methyl/N-ethyl adjacent to an activating group) is 1. The van der Waals surface area contributed by atoms with Crippen LogP contribution in [0.25, 0.3) is 0 Å². The molecule has 1 N–H and O–H groups in total. The molecule has 0 saturated carbocycles. The second-order valence-corrected chi connectivity index (χ2v) is 4.69. The van der Waals surface area contributed by atoms with E-state index in [4.69, 9.17) is 9.15 Å². The average Bonchev–Trinajstić information content (AvgIpc) is 2.92. The fourth-order valence-corrected chi connectivity index (χ4v) is 2.31. The van der Waals surface area contributed by atoms with E-state index in [0.717, 1.165) is 18.7 Å². The molecule has 2 rings (SSSR count). The van der Waals surface area contributed by atoms with Gasteiger partial charge >= 0.3 is 0 Å². The standard InChI is InChI=1S/C16H21NO2/c1-4-17-15(13-7-8-19-11-13)10-14-9-12(2)5-6-16(14)18-3/h5-9,11,15,17H,4,10H2,1-3H3. The highest BCUT2D eigenvalue weighted by Crippen LogP contribution is 2.26. The van der Waals surface area contributed by atoms with Crippen molar-refractivity contribution in [3.8, 4) is 5.75 Å². The molecule has 3 nitrogen and oxygen atoms in total. The molecule has 2 aromatic rings. The Kier molecular flexibility index (Phi) is 4.63. The highest BCUT2D eigenvalue weighted by molar-refractivity contribution is 5.38. The summed E-state index contributed by atoms with van der Waals surface area (Å²) in [4.78, 5) is 0. The van der Waals surface area contributed by atoms with Gasteiger partial charge < -0.3 is 14.5 Å². The molecule has 0 amide bonds.